The van der Waals surface area contributed by atoms with Crippen LogP contribution >= 0.6 is 0 Å². The van der Waals surface area contributed by atoms with Gasteiger partial charge < -0.3 is 9.80 Å². The predicted octanol–water partition coefficient (Wildman–Crippen LogP) is 2.33. The van der Waals surface area contributed by atoms with Gasteiger partial charge in [-0.25, -0.2) is 8.42 Å². The average molecular weight is 477 g/mol. The first-order valence-corrected chi connectivity index (χ1v) is 14.1. The molecule has 33 heavy (non-hydrogen) atoms. The van der Waals surface area contributed by atoms with Gasteiger partial charge in [-0.3, -0.25) is 9.69 Å². The minimum Gasteiger partial charge on any atom is -0.339 e. The molecule has 0 aromatic heterocycles. The van der Waals surface area contributed by atoms with Crippen LogP contribution in [0.2, 0.25) is 0 Å². The molecule has 1 aromatic rings. The molecule has 7 nitrogen and oxygen atoms in total. The van der Waals surface area contributed by atoms with E-state index in [0.29, 0.717) is 37.6 Å². The van der Waals surface area contributed by atoms with Crippen LogP contribution in [-0.4, -0.2) is 98.8 Å². The van der Waals surface area contributed by atoms with E-state index in [-0.39, 0.29) is 5.91 Å². The van der Waals surface area contributed by atoms with E-state index in [1.54, 1.807) is 12.1 Å². The van der Waals surface area contributed by atoms with Crippen molar-refractivity contribution in [3.8, 4) is 0 Å². The van der Waals surface area contributed by atoms with Crippen LogP contribution < -0.4 is 0 Å². The Balaban J connectivity index is 1.21. The second-order valence-corrected chi connectivity index (χ2v) is 12.0. The molecule has 4 rings (SSSR count). The molecule has 3 fully saturated rings. The van der Waals surface area contributed by atoms with Crippen molar-refractivity contribution < 1.29 is 13.2 Å². The fraction of sp³-hybridized carbons (Fsp3) is 0.720. The molecule has 0 spiro atoms. The zero-order valence-corrected chi connectivity index (χ0v) is 21.2. The fourth-order valence-corrected chi connectivity index (χ4v) is 6.87. The summed E-state index contributed by atoms with van der Waals surface area (Å²) in [5, 5.41) is 0. The Morgan fingerprint density at radius 1 is 0.848 bits per heavy atom. The smallest absolute Gasteiger partial charge is 0.243 e. The molecule has 184 valence electrons. The highest BCUT2D eigenvalue weighted by Gasteiger charge is 2.31. The molecule has 2 heterocycles. The number of carbonyl (C=O) groups excluding carboxylic acids is 1. The van der Waals surface area contributed by atoms with Crippen LogP contribution in [-0.2, 0) is 14.8 Å². The van der Waals surface area contributed by atoms with E-state index in [1.165, 1.54) is 43.0 Å². The molecular formula is C25H40N4O3S. The summed E-state index contributed by atoms with van der Waals surface area (Å²) >= 11 is 0. The van der Waals surface area contributed by atoms with E-state index in [9.17, 15) is 13.2 Å². The van der Waals surface area contributed by atoms with Crippen molar-refractivity contribution in [2.75, 3.05) is 65.4 Å². The Hall–Kier alpha value is -1.48. The van der Waals surface area contributed by atoms with Gasteiger partial charge in [-0.1, -0.05) is 25.3 Å². The van der Waals surface area contributed by atoms with E-state index in [2.05, 4.69) is 9.80 Å². The summed E-state index contributed by atoms with van der Waals surface area (Å²) in [4.78, 5) is 19.9. The monoisotopic (exact) mass is 476 g/mol. The molecule has 0 bridgehead atoms. The normalized spacial score (nSPS) is 22.5. The number of rotatable bonds is 6. The molecule has 2 saturated heterocycles. The fourth-order valence-electron chi connectivity index (χ4n) is 5.36. The molecule has 1 aromatic carbocycles. The standard InChI is InChI=1S/C25H40N4O3S/c1-21-8-9-24(18-22(21)2)33(31,32)29-16-14-28(15-17-29)25(30)20-27-12-10-26(11-13-27)19-23-6-4-3-5-7-23/h8-9,18,23H,3-7,10-17,19-20H2,1-2H3. The summed E-state index contributed by atoms with van der Waals surface area (Å²) in [6.45, 7) is 11.2. The van der Waals surface area contributed by atoms with E-state index in [0.717, 1.165) is 43.2 Å². The maximum Gasteiger partial charge on any atom is 0.243 e. The van der Waals surface area contributed by atoms with Crippen LogP contribution in [0.25, 0.3) is 0 Å². The summed E-state index contributed by atoms with van der Waals surface area (Å²) < 4.78 is 27.6. The topological polar surface area (TPSA) is 64.2 Å². The Kier molecular flexibility index (Phi) is 8.10. The van der Waals surface area contributed by atoms with E-state index >= 15 is 0 Å². The van der Waals surface area contributed by atoms with Crippen molar-refractivity contribution in [3.05, 3.63) is 29.3 Å². The van der Waals surface area contributed by atoms with Crippen LogP contribution in [0.15, 0.2) is 23.1 Å². The number of piperazine rings is 2. The lowest BCUT2D eigenvalue weighted by atomic mass is 9.89. The van der Waals surface area contributed by atoms with Crippen molar-refractivity contribution in [1.29, 1.82) is 0 Å². The summed E-state index contributed by atoms with van der Waals surface area (Å²) in [5.74, 6) is 0.988. The van der Waals surface area contributed by atoms with E-state index in [4.69, 9.17) is 0 Å². The number of sulfonamides is 1. The largest absolute Gasteiger partial charge is 0.339 e. The zero-order chi connectivity index (χ0) is 23.4. The van der Waals surface area contributed by atoms with Gasteiger partial charge in [-0.2, -0.15) is 4.31 Å². The molecule has 1 aliphatic carbocycles. The maximum absolute atomic E-state index is 13.0. The lowest BCUT2D eigenvalue weighted by Crippen LogP contribution is -2.54. The maximum atomic E-state index is 13.0. The van der Waals surface area contributed by atoms with Crippen LogP contribution in [0.4, 0.5) is 0 Å². The summed E-state index contributed by atoms with van der Waals surface area (Å²) in [5.41, 5.74) is 2.06. The van der Waals surface area contributed by atoms with Gasteiger partial charge >= 0.3 is 0 Å². The van der Waals surface area contributed by atoms with Crippen molar-refractivity contribution in [2.45, 2.75) is 50.8 Å². The molecule has 0 radical (unpaired) electrons. The number of hydrogen-bond donors (Lipinski definition) is 0. The molecule has 0 atom stereocenters. The SMILES string of the molecule is Cc1ccc(S(=O)(=O)N2CCN(C(=O)CN3CCN(CC4CCCCC4)CC3)CC2)cc1C. The number of amides is 1. The third-order valence-corrected chi connectivity index (χ3v) is 9.67. The molecule has 0 N–H and O–H groups in total. The van der Waals surface area contributed by atoms with Gasteiger partial charge in [0.15, 0.2) is 0 Å². The highest BCUT2D eigenvalue weighted by atomic mass is 32.2. The van der Waals surface area contributed by atoms with Crippen LogP contribution in [0.1, 0.15) is 43.2 Å². The Bertz CT molecular complexity index is 914. The van der Waals surface area contributed by atoms with Crippen molar-refractivity contribution >= 4 is 15.9 Å². The highest BCUT2D eigenvalue weighted by Crippen LogP contribution is 2.25. The van der Waals surface area contributed by atoms with Crippen molar-refractivity contribution in [1.82, 2.24) is 19.0 Å². The third-order valence-electron chi connectivity index (χ3n) is 7.77. The van der Waals surface area contributed by atoms with Gasteiger partial charge in [-0.15, -0.1) is 0 Å². The Morgan fingerprint density at radius 3 is 2.12 bits per heavy atom. The number of aryl methyl sites for hydroxylation is 2. The van der Waals surface area contributed by atoms with Gasteiger partial charge in [0.05, 0.1) is 11.4 Å². The molecule has 1 amide bonds. The number of hydrogen-bond acceptors (Lipinski definition) is 5. The predicted molar refractivity (Wildman–Crippen MR) is 131 cm³/mol. The average Bonchev–Trinajstić information content (AvgIpc) is 2.83. The van der Waals surface area contributed by atoms with Crippen molar-refractivity contribution in [2.24, 2.45) is 5.92 Å². The van der Waals surface area contributed by atoms with Gasteiger partial charge in [0.2, 0.25) is 15.9 Å². The number of carbonyl (C=O) groups is 1. The van der Waals surface area contributed by atoms with Crippen LogP contribution in [0.5, 0.6) is 0 Å². The van der Waals surface area contributed by atoms with E-state index in [1.807, 2.05) is 24.8 Å². The zero-order valence-electron chi connectivity index (χ0n) is 20.3. The molecule has 1 saturated carbocycles. The second kappa shape index (κ2) is 10.8. The molecule has 8 heteroatoms. The lowest BCUT2D eigenvalue weighted by Gasteiger charge is -2.38. The van der Waals surface area contributed by atoms with Crippen molar-refractivity contribution in [3.63, 3.8) is 0 Å². The second-order valence-electron chi connectivity index (χ2n) is 10.1. The summed E-state index contributed by atoms with van der Waals surface area (Å²) in [6, 6.07) is 5.29. The molecule has 3 aliphatic rings. The van der Waals surface area contributed by atoms with Gasteiger partial charge in [0.1, 0.15) is 0 Å². The number of nitrogens with zero attached hydrogens (tertiary/aromatic N) is 4. The first-order valence-electron chi connectivity index (χ1n) is 12.6. The first kappa shape index (κ1) is 24.6. The third kappa shape index (κ3) is 6.15. The summed E-state index contributed by atoms with van der Waals surface area (Å²) in [6.07, 6.45) is 6.93. The van der Waals surface area contributed by atoms with Crippen LogP contribution in [0, 0.1) is 19.8 Å². The molecule has 2 aliphatic heterocycles. The quantitative estimate of drug-likeness (QED) is 0.631. The Morgan fingerprint density at radius 2 is 1.48 bits per heavy atom. The molecule has 0 unspecified atom stereocenters. The van der Waals surface area contributed by atoms with Crippen LogP contribution in [0.3, 0.4) is 0 Å². The summed E-state index contributed by atoms with van der Waals surface area (Å²) in [7, 11) is -3.52. The first-order chi connectivity index (χ1) is 15.8. The minimum absolute atomic E-state index is 0.124. The number of benzene rings is 1. The minimum atomic E-state index is -3.52. The van der Waals surface area contributed by atoms with Gasteiger partial charge in [0.25, 0.3) is 0 Å². The lowest BCUT2D eigenvalue weighted by molar-refractivity contribution is -0.134. The van der Waals surface area contributed by atoms with Gasteiger partial charge in [-0.05, 0) is 55.9 Å². The Labute approximate surface area is 199 Å². The molecular weight excluding hydrogens is 436 g/mol. The van der Waals surface area contributed by atoms with E-state index < -0.39 is 10.0 Å². The van der Waals surface area contributed by atoms with Gasteiger partial charge in [0, 0.05) is 58.9 Å². The highest BCUT2D eigenvalue weighted by molar-refractivity contribution is 7.89.